The van der Waals surface area contributed by atoms with Crippen LogP contribution in [0.3, 0.4) is 0 Å². The number of halogens is 3. The molecule has 1 aromatic rings. The predicted molar refractivity (Wildman–Crippen MR) is 42.8 cm³/mol. The van der Waals surface area contributed by atoms with E-state index in [0.717, 1.165) is 12.1 Å². The van der Waals surface area contributed by atoms with Crippen LogP contribution in [0.1, 0.15) is 11.5 Å². The number of carboxylic acids is 1. The van der Waals surface area contributed by atoms with E-state index in [0.29, 0.717) is 0 Å². The van der Waals surface area contributed by atoms with E-state index in [1.165, 1.54) is 12.1 Å². The molecular weight excluding hydrogens is 197 g/mol. The number of hydrogen-bond acceptors (Lipinski definition) is 1. The highest BCUT2D eigenvalue weighted by Crippen LogP contribution is 2.25. The fourth-order valence-corrected chi connectivity index (χ4v) is 1.10. The van der Waals surface area contributed by atoms with E-state index in [4.69, 9.17) is 5.11 Å². The van der Waals surface area contributed by atoms with Crippen LogP contribution >= 0.6 is 0 Å². The Kier molecular flexibility index (Phi) is 3.11. The minimum Gasteiger partial charge on any atom is -0.481 e. The summed E-state index contributed by atoms with van der Waals surface area (Å²) in [5.41, 5.74) is -0.491. The number of carboxylic acid groups (broad SMARTS) is 1. The molecule has 1 N–H and O–H groups in total. The van der Waals surface area contributed by atoms with Gasteiger partial charge >= 0.3 is 5.97 Å². The summed E-state index contributed by atoms with van der Waals surface area (Å²) in [7, 11) is 0. The highest BCUT2D eigenvalue weighted by molar-refractivity contribution is 5.76. The summed E-state index contributed by atoms with van der Waals surface area (Å²) in [5.74, 6) is -4.76. The van der Waals surface area contributed by atoms with Crippen molar-refractivity contribution in [3.8, 4) is 0 Å². The van der Waals surface area contributed by atoms with Crippen LogP contribution < -0.4 is 0 Å². The molecule has 1 atom stereocenters. The molecule has 0 fully saturated rings. The number of benzene rings is 1. The molecule has 0 aromatic heterocycles. The highest BCUT2D eigenvalue weighted by atomic mass is 19.3. The molecule has 1 rings (SSSR count). The fraction of sp³-hybridized carbons (Fsp3) is 0.222. The summed E-state index contributed by atoms with van der Waals surface area (Å²) in [6.07, 6.45) is -3.12. The summed E-state index contributed by atoms with van der Waals surface area (Å²) in [6, 6.07) is 4.62. The maximum atomic E-state index is 13.0. The van der Waals surface area contributed by atoms with Crippen molar-refractivity contribution in [2.75, 3.05) is 0 Å². The van der Waals surface area contributed by atoms with Crippen molar-refractivity contribution < 1.29 is 23.1 Å². The van der Waals surface area contributed by atoms with Gasteiger partial charge in [0.05, 0.1) is 0 Å². The molecule has 0 bridgehead atoms. The largest absolute Gasteiger partial charge is 0.481 e. The number of alkyl halides is 2. The van der Waals surface area contributed by atoms with Crippen LogP contribution in [0.15, 0.2) is 24.3 Å². The number of carbonyl (C=O) groups is 1. The second-order valence-electron chi connectivity index (χ2n) is 2.67. The molecule has 0 aliphatic carbocycles. The van der Waals surface area contributed by atoms with Crippen molar-refractivity contribution in [3.05, 3.63) is 35.6 Å². The monoisotopic (exact) mass is 204 g/mol. The van der Waals surface area contributed by atoms with E-state index >= 15 is 0 Å². The van der Waals surface area contributed by atoms with Crippen LogP contribution in [0.5, 0.6) is 0 Å². The van der Waals surface area contributed by atoms with Crippen molar-refractivity contribution in [1.82, 2.24) is 0 Å². The molecule has 0 amide bonds. The number of rotatable bonds is 3. The first-order valence-corrected chi connectivity index (χ1v) is 3.79. The van der Waals surface area contributed by atoms with Crippen molar-refractivity contribution >= 4 is 5.97 Å². The zero-order valence-electron chi connectivity index (χ0n) is 6.95. The van der Waals surface area contributed by atoms with E-state index < -0.39 is 29.7 Å². The zero-order valence-corrected chi connectivity index (χ0v) is 6.95. The van der Waals surface area contributed by atoms with E-state index in [1.54, 1.807) is 0 Å². The average molecular weight is 204 g/mol. The summed E-state index contributed by atoms with van der Waals surface area (Å²) in [4.78, 5) is 10.4. The van der Waals surface area contributed by atoms with E-state index in [9.17, 15) is 18.0 Å². The van der Waals surface area contributed by atoms with Gasteiger partial charge in [-0.1, -0.05) is 18.2 Å². The molecule has 14 heavy (non-hydrogen) atoms. The van der Waals surface area contributed by atoms with Gasteiger partial charge in [-0.2, -0.15) is 0 Å². The normalized spacial score (nSPS) is 12.9. The van der Waals surface area contributed by atoms with Crippen LogP contribution in [-0.4, -0.2) is 17.5 Å². The molecule has 0 aliphatic rings. The lowest BCUT2D eigenvalue weighted by Gasteiger charge is -2.11. The third-order valence-electron chi connectivity index (χ3n) is 1.76. The molecule has 76 valence electrons. The summed E-state index contributed by atoms with van der Waals surface area (Å²) >= 11 is 0. The number of aliphatic carboxylic acids is 1. The maximum Gasteiger partial charge on any atom is 0.316 e. The van der Waals surface area contributed by atoms with E-state index in [2.05, 4.69) is 0 Å². The van der Waals surface area contributed by atoms with Gasteiger partial charge < -0.3 is 5.11 Å². The smallest absolute Gasteiger partial charge is 0.316 e. The van der Waals surface area contributed by atoms with Crippen LogP contribution in [0, 0.1) is 5.82 Å². The van der Waals surface area contributed by atoms with Crippen molar-refractivity contribution in [2.45, 2.75) is 12.3 Å². The van der Waals surface area contributed by atoms with Crippen LogP contribution in [0.25, 0.3) is 0 Å². The zero-order chi connectivity index (χ0) is 10.7. The quantitative estimate of drug-likeness (QED) is 0.819. The lowest BCUT2D eigenvalue weighted by molar-refractivity contribution is -0.142. The van der Waals surface area contributed by atoms with Gasteiger partial charge in [0.2, 0.25) is 0 Å². The lowest BCUT2D eigenvalue weighted by Crippen LogP contribution is -2.20. The van der Waals surface area contributed by atoms with Crippen molar-refractivity contribution in [2.24, 2.45) is 0 Å². The topological polar surface area (TPSA) is 37.3 Å². The molecule has 0 saturated carbocycles. The fourth-order valence-electron chi connectivity index (χ4n) is 1.10. The minimum absolute atomic E-state index is 0.491. The molecule has 0 spiro atoms. The SMILES string of the molecule is O=C(O)C(c1ccccc1F)C(F)F. The van der Waals surface area contributed by atoms with Gasteiger partial charge in [0, 0.05) is 5.56 Å². The summed E-state index contributed by atoms with van der Waals surface area (Å²) in [6.45, 7) is 0. The third-order valence-corrected chi connectivity index (χ3v) is 1.76. The molecule has 0 saturated heterocycles. The van der Waals surface area contributed by atoms with Crippen LogP contribution in [0.2, 0.25) is 0 Å². The van der Waals surface area contributed by atoms with Gasteiger partial charge in [-0.05, 0) is 6.07 Å². The van der Waals surface area contributed by atoms with Gasteiger partial charge in [-0.3, -0.25) is 4.79 Å². The van der Waals surface area contributed by atoms with Gasteiger partial charge in [-0.25, -0.2) is 13.2 Å². The van der Waals surface area contributed by atoms with Crippen molar-refractivity contribution in [3.63, 3.8) is 0 Å². The van der Waals surface area contributed by atoms with Gasteiger partial charge in [-0.15, -0.1) is 0 Å². The molecule has 1 unspecified atom stereocenters. The van der Waals surface area contributed by atoms with Gasteiger partial charge in [0.1, 0.15) is 11.7 Å². The van der Waals surface area contributed by atoms with Gasteiger partial charge in [0.25, 0.3) is 6.43 Å². The first kappa shape index (κ1) is 10.6. The summed E-state index contributed by atoms with van der Waals surface area (Å²) < 4.78 is 37.5. The Morgan fingerprint density at radius 2 is 1.86 bits per heavy atom. The Labute approximate surface area is 78.0 Å². The predicted octanol–water partition coefficient (Wildman–Crippen LogP) is 2.26. The molecule has 5 heteroatoms. The molecule has 0 heterocycles. The Balaban J connectivity index is 3.12. The minimum atomic E-state index is -3.12. The lowest BCUT2D eigenvalue weighted by atomic mass is 9.99. The molecule has 0 aliphatic heterocycles. The second kappa shape index (κ2) is 4.13. The first-order valence-electron chi connectivity index (χ1n) is 3.79. The first-order chi connectivity index (χ1) is 6.54. The molecule has 1 aromatic carbocycles. The molecular formula is C9H7F3O2. The molecule has 2 nitrogen and oxygen atoms in total. The molecule has 0 radical (unpaired) electrons. The summed E-state index contributed by atoms with van der Waals surface area (Å²) in [5, 5.41) is 8.47. The maximum absolute atomic E-state index is 13.0. The Hall–Kier alpha value is -1.52. The standard InChI is InChI=1S/C9H7F3O2/c10-6-4-2-1-3-5(6)7(8(11)12)9(13)14/h1-4,7-8H,(H,13,14). The van der Waals surface area contributed by atoms with Crippen LogP contribution in [0.4, 0.5) is 13.2 Å². The van der Waals surface area contributed by atoms with E-state index in [1.807, 2.05) is 0 Å². The second-order valence-corrected chi connectivity index (χ2v) is 2.67. The highest BCUT2D eigenvalue weighted by Gasteiger charge is 2.31. The Bertz CT molecular complexity index is 339. The average Bonchev–Trinajstić information content (AvgIpc) is 2.07. The number of hydrogen-bond donors (Lipinski definition) is 1. The Morgan fingerprint density at radius 3 is 2.29 bits per heavy atom. The third kappa shape index (κ3) is 2.04. The van der Waals surface area contributed by atoms with Crippen LogP contribution in [-0.2, 0) is 4.79 Å². The van der Waals surface area contributed by atoms with Crippen molar-refractivity contribution in [1.29, 1.82) is 0 Å². The van der Waals surface area contributed by atoms with E-state index in [-0.39, 0.29) is 0 Å². The van der Waals surface area contributed by atoms with Gasteiger partial charge in [0.15, 0.2) is 0 Å². The Morgan fingerprint density at radius 1 is 1.29 bits per heavy atom.